The molecule has 4 rings (SSSR count). The van der Waals surface area contributed by atoms with E-state index >= 15 is 0 Å². The lowest BCUT2D eigenvalue weighted by atomic mass is 9.98. The van der Waals surface area contributed by atoms with Gasteiger partial charge in [0.2, 0.25) is 11.8 Å². The summed E-state index contributed by atoms with van der Waals surface area (Å²) in [5.74, 6) is -0.227. The van der Waals surface area contributed by atoms with E-state index in [-0.39, 0.29) is 36.7 Å². The van der Waals surface area contributed by atoms with Crippen LogP contribution >= 0.6 is 0 Å². The molecule has 32 heavy (non-hydrogen) atoms. The van der Waals surface area contributed by atoms with E-state index in [2.05, 4.69) is 10.2 Å². The van der Waals surface area contributed by atoms with Gasteiger partial charge in [-0.1, -0.05) is 42.5 Å². The Morgan fingerprint density at radius 3 is 2.50 bits per heavy atom. The number of hydrogen-bond acceptors (Lipinski definition) is 4. The van der Waals surface area contributed by atoms with Crippen LogP contribution in [0.3, 0.4) is 0 Å². The molecule has 0 aromatic heterocycles. The number of rotatable bonds is 7. The van der Waals surface area contributed by atoms with Gasteiger partial charge in [0.1, 0.15) is 5.66 Å². The van der Waals surface area contributed by atoms with Gasteiger partial charge < -0.3 is 15.1 Å². The first kappa shape index (κ1) is 22.0. The van der Waals surface area contributed by atoms with Crippen molar-refractivity contribution in [3.8, 4) is 0 Å². The highest BCUT2D eigenvalue weighted by Crippen LogP contribution is 2.43. The van der Waals surface area contributed by atoms with Gasteiger partial charge in [-0.15, -0.1) is 0 Å². The van der Waals surface area contributed by atoms with Crippen molar-refractivity contribution in [2.75, 3.05) is 32.1 Å². The Bertz CT molecular complexity index is 1020. The van der Waals surface area contributed by atoms with E-state index in [0.29, 0.717) is 30.6 Å². The number of hydrogen-bond donors (Lipinski definition) is 1. The molecule has 2 heterocycles. The Morgan fingerprint density at radius 2 is 1.78 bits per heavy atom. The third kappa shape index (κ3) is 3.88. The van der Waals surface area contributed by atoms with Gasteiger partial charge in [-0.25, -0.2) is 0 Å². The van der Waals surface area contributed by atoms with E-state index in [1.54, 1.807) is 21.9 Å². The van der Waals surface area contributed by atoms with Crippen LogP contribution in [0.25, 0.3) is 0 Å². The second-order valence-electron chi connectivity index (χ2n) is 8.86. The fourth-order valence-corrected chi connectivity index (χ4v) is 4.83. The first-order chi connectivity index (χ1) is 15.3. The lowest BCUT2D eigenvalue weighted by molar-refractivity contribution is -0.121. The fraction of sp³-hybridized carbons (Fsp3) is 0.400. The number of fused-ring (bicyclic) bond motifs is 3. The molecule has 7 nitrogen and oxygen atoms in total. The van der Waals surface area contributed by atoms with Crippen LogP contribution in [0.1, 0.15) is 48.1 Å². The van der Waals surface area contributed by atoms with Gasteiger partial charge in [0.15, 0.2) is 0 Å². The molecule has 0 bridgehead atoms. The van der Waals surface area contributed by atoms with Crippen molar-refractivity contribution in [2.45, 2.75) is 37.9 Å². The Morgan fingerprint density at radius 1 is 1.09 bits per heavy atom. The number of benzene rings is 2. The van der Waals surface area contributed by atoms with Gasteiger partial charge in [-0.3, -0.25) is 19.3 Å². The van der Waals surface area contributed by atoms with Crippen molar-refractivity contribution in [3.63, 3.8) is 0 Å². The van der Waals surface area contributed by atoms with Crippen molar-refractivity contribution in [1.29, 1.82) is 0 Å². The van der Waals surface area contributed by atoms with Crippen molar-refractivity contribution in [2.24, 2.45) is 0 Å². The zero-order valence-corrected chi connectivity index (χ0v) is 18.9. The minimum atomic E-state index is -0.737. The van der Waals surface area contributed by atoms with Crippen molar-refractivity contribution >= 4 is 23.4 Å². The van der Waals surface area contributed by atoms with Gasteiger partial charge in [-0.05, 0) is 45.1 Å². The number of anilines is 1. The van der Waals surface area contributed by atoms with Gasteiger partial charge >= 0.3 is 0 Å². The highest BCUT2D eigenvalue weighted by atomic mass is 16.2. The second-order valence-corrected chi connectivity index (χ2v) is 8.86. The van der Waals surface area contributed by atoms with Gasteiger partial charge in [0.25, 0.3) is 5.91 Å². The second kappa shape index (κ2) is 8.74. The highest BCUT2D eigenvalue weighted by molar-refractivity contribution is 6.10. The summed E-state index contributed by atoms with van der Waals surface area (Å²) in [6.07, 6.45) is 1.13. The fourth-order valence-electron chi connectivity index (χ4n) is 4.83. The zero-order chi connectivity index (χ0) is 22.9. The molecule has 0 aliphatic carbocycles. The third-order valence-electron chi connectivity index (χ3n) is 6.61. The summed E-state index contributed by atoms with van der Waals surface area (Å²) in [5, 5.41) is 3.02. The Hall–Kier alpha value is -3.19. The predicted molar refractivity (Wildman–Crippen MR) is 123 cm³/mol. The topological polar surface area (TPSA) is 73.0 Å². The summed E-state index contributed by atoms with van der Waals surface area (Å²) in [4.78, 5) is 44.1. The molecule has 0 spiro atoms. The normalized spacial score (nSPS) is 20.9. The third-order valence-corrected chi connectivity index (χ3v) is 6.61. The average molecular weight is 435 g/mol. The number of likely N-dealkylation sites (N-methyl/N-ethyl adjacent to an activating group) is 1. The first-order valence-electron chi connectivity index (χ1n) is 11.0. The molecule has 2 aromatic carbocycles. The Labute approximate surface area is 189 Å². The molecule has 3 amide bonds. The van der Waals surface area contributed by atoms with Crippen molar-refractivity contribution in [1.82, 2.24) is 15.1 Å². The minimum Gasteiger partial charge on any atom is -0.354 e. The van der Waals surface area contributed by atoms with Crippen LogP contribution in [0, 0.1) is 0 Å². The summed E-state index contributed by atoms with van der Waals surface area (Å²) in [7, 11) is 3.97. The number of nitrogens with zero attached hydrogens (tertiary/aromatic N) is 3. The maximum absolute atomic E-state index is 13.3. The van der Waals surface area contributed by atoms with E-state index in [1.165, 1.54) is 0 Å². The first-order valence-corrected chi connectivity index (χ1v) is 11.0. The SMILES string of the molecule is CN(C)C(CNC(=O)CCN1C(=O)c2ccccc2N2C(=O)CCC12C)c1ccccc1. The van der Waals surface area contributed by atoms with Gasteiger partial charge in [-0.2, -0.15) is 0 Å². The molecule has 7 heteroatoms. The molecule has 2 aliphatic heterocycles. The van der Waals surface area contributed by atoms with Crippen LogP contribution in [0.2, 0.25) is 0 Å². The van der Waals surface area contributed by atoms with E-state index < -0.39 is 5.66 Å². The van der Waals surface area contributed by atoms with Crippen LogP contribution in [0.15, 0.2) is 54.6 Å². The van der Waals surface area contributed by atoms with E-state index in [4.69, 9.17) is 0 Å². The molecule has 2 unspecified atom stereocenters. The Kier molecular flexibility index (Phi) is 6.02. The smallest absolute Gasteiger partial charge is 0.257 e. The molecule has 168 valence electrons. The van der Waals surface area contributed by atoms with Crippen LogP contribution in [0.4, 0.5) is 5.69 Å². The molecule has 2 aliphatic rings. The summed E-state index contributed by atoms with van der Waals surface area (Å²) in [6, 6.07) is 17.3. The van der Waals surface area contributed by atoms with Crippen LogP contribution in [-0.2, 0) is 9.59 Å². The van der Waals surface area contributed by atoms with E-state index in [9.17, 15) is 14.4 Å². The summed E-state index contributed by atoms with van der Waals surface area (Å²) in [5.41, 5.74) is 1.57. The maximum atomic E-state index is 13.3. The molecule has 2 atom stereocenters. The number of nitrogens with one attached hydrogen (secondary N) is 1. The quantitative estimate of drug-likeness (QED) is 0.727. The number of carbonyl (C=O) groups excluding carboxylic acids is 3. The summed E-state index contributed by atoms with van der Waals surface area (Å²) < 4.78 is 0. The van der Waals surface area contributed by atoms with Crippen LogP contribution in [0.5, 0.6) is 0 Å². The average Bonchev–Trinajstić information content (AvgIpc) is 3.09. The lowest BCUT2D eigenvalue weighted by Gasteiger charge is -2.48. The minimum absolute atomic E-state index is 0.0126. The number of carbonyl (C=O) groups is 3. The summed E-state index contributed by atoms with van der Waals surface area (Å²) in [6.45, 7) is 2.66. The van der Waals surface area contributed by atoms with Crippen molar-refractivity contribution < 1.29 is 14.4 Å². The zero-order valence-electron chi connectivity index (χ0n) is 18.9. The summed E-state index contributed by atoms with van der Waals surface area (Å²) >= 11 is 0. The molecule has 1 fully saturated rings. The predicted octanol–water partition coefficient (Wildman–Crippen LogP) is 2.79. The molecule has 0 saturated carbocycles. The molecular weight excluding hydrogens is 404 g/mol. The number of para-hydroxylation sites is 1. The van der Waals surface area contributed by atoms with E-state index in [0.717, 1.165) is 5.56 Å². The molecular formula is C25H30N4O3. The van der Waals surface area contributed by atoms with E-state index in [1.807, 2.05) is 63.5 Å². The van der Waals surface area contributed by atoms with Gasteiger partial charge in [0, 0.05) is 25.9 Å². The standard InChI is InChI=1S/C25H30N4O3/c1-25-15-13-23(31)29(25)20-12-8-7-11-19(20)24(32)28(25)16-14-22(30)26-17-21(27(2)3)18-9-5-4-6-10-18/h4-12,21H,13-17H2,1-3H3,(H,26,30). The monoisotopic (exact) mass is 434 g/mol. The van der Waals surface area contributed by atoms with Crippen molar-refractivity contribution in [3.05, 3.63) is 65.7 Å². The largest absolute Gasteiger partial charge is 0.354 e. The molecule has 1 N–H and O–H groups in total. The van der Waals surface area contributed by atoms with Crippen LogP contribution < -0.4 is 10.2 Å². The Balaban J connectivity index is 1.44. The molecule has 2 aromatic rings. The number of amides is 3. The van der Waals surface area contributed by atoms with Gasteiger partial charge in [0.05, 0.1) is 17.3 Å². The molecule has 0 radical (unpaired) electrons. The highest BCUT2D eigenvalue weighted by Gasteiger charge is 2.52. The maximum Gasteiger partial charge on any atom is 0.257 e. The molecule has 1 saturated heterocycles. The lowest BCUT2D eigenvalue weighted by Crippen LogP contribution is -2.62. The van der Waals surface area contributed by atoms with Crippen LogP contribution in [-0.4, -0.2) is 60.4 Å².